The molecule has 0 aliphatic carbocycles. The molecule has 80 valence electrons. The van der Waals surface area contributed by atoms with Gasteiger partial charge in [-0.15, -0.1) is 11.3 Å². The number of hydrogen-bond acceptors (Lipinski definition) is 4. The van der Waals surface area contributed by atoms with Crippen molar-refractivity contribution in [2.75, 3.05) is 6.54 Å². The number of rotatable bonds is 4. The van der Waals surface area contributed by atoms with Crippen molar-refractivity contribution in [2.45, 2.75) is 19.9 Å². The molecule has 2 rings (SSSR count). The fourth-order valence-electron chi connectivity index (χ4n) is 1.55. The standard InChI is InChI=1S/C11H14N2OS/c1-3-12-11(9-4-5-14-6-9)10-7-15-8(2)13-10/h4-7,11-12H,3H2,1-2H3. The molecule has 0 fully saturated rings. The molecule has 0 aliphatic rings. The zero-order chi connectivity index (χ0) is 10.7. The first-order valence-corrected chi connectivity index (χ1v) is 5.86. The van der Waals surface area contributed by atoms with Crippen LogP contribution in [-0.4, -0.2) is 11.5 Å². The number of nitrogens with zero attached hydrogens (tertiary/aromatic N) is 1. The summed E-state index contributed by atoms with van der Waals surface area (Å²) in [6.07, 6.45) is 3.46. The summed E-state index contributed by atoms with van der Waals surface area (Å²) in [6, 6.07) is 2.13. The Hall–Kier alpha value is -1.13. The summed E-state index contributed by atoms with van der Waals surface area (Å²) < 4.78 is 5.11. The van der Waals surface area contributed by atoms with E-state index in [-0.39, 0.29) is 6.04 Å². The molecule has 3 nitrogen and oxygen atoms in total. The van der Waals surface area contributed by atoms with E-state index in [0.717, 1.165) is 22.8 Å². The summed E-state index contributed by atoms with van der Waals surface area (Å²) in [5.41, 5.74) is 2.20. The molecule has 0 bridgehead atoms. The average Bonchev–Trinajstić information content (AvgIpc) is 2.85. The molecule has 0 aromatic carbocycles. The second-order valence-corrected chi connectivity index (χ2v) is 4.40. The normalized spacial score (nSPS) is 12.9. The second kappa shape index (κ2) is 4.59. The van der Waals surface area contributed by atoms with Gasteiger partial charge in [0.1, 0.15) is 0 Å². The van der Waals surface area contributed by atoms with Crippen LogP contribution in [0.25, 0.3) is 0 Å². The minimum absolute atomic E-state index is 0.152. The Morgan fingerprint density at radius 3 is 3.00 bits per heavy atom. The summed E-state index contributed by atoms with van der Waals surface area (Å²) in [5, 5.41) is 6.59. The van der Waals surface area contributed by atoms with Gasteiger partial charge in [0.25, 0.3) is 0 Å². The molecule has 0 saturated heterocycles. The van der Waals surface area contributed by atoms with Crippen molar-refractivity contribution in [3.8, 4) is 0 Å². The molecular weight excluding hydrogens is 208 g/mol. The van der Waals surface area contributed by atoms with E-state index in [1.165, 1.54) is 0 Å². The highest BCUT2D eigenvalue weighted by Gasteiger charge is 2.16. The van der Waals surface area contributed by atoms with Gasteiger partial charge in [-0.05, 0) is 19.5 Å². The van der Waals surface area contributed by atoms with Crippen LogP contribution in [-0.2, 0) is 0 Å². The Morgan fingerprint density at radius 1 is 1.60 bits per heavy atom. The quantitative estimate of drug-likeness (QED) is 0.864. The fourth-order valence-corrected chi connectivity index (χ4v) is 2.19. The molecule has 1 N–H and O–H groups in total. The molecule has 0 radical (unpaired) electrons. The molecule has 2 aromatic rings. The maximum atomic E-state index is 5.11. The van der Waals surface area contributed by atoms with E-state index in [2.05, 4.69) is 22.6 Å². The van der Waals surface area contributed by atoms with Crippen LogP contribution in [0, 0.1) is 6.92 Å². The third-order valence-corrected chi connectivity index (χ3v) is 3.01. The Balaban J connectivity index is 2.27. The minimum atomic E-state index is 0.152. The topological polar surface area (TPSA) is 38.1 Å². The molecule has 2 heterocycles. The molecule has 0 amide bonds. The van der Waals surface area contributed by atoms with Crippen LogP contribution in [0.3, 0.4) is 0 Å². The molecule has 0 saturated carbocycles. The first kappa shape index (κ1) is 10.4. The first-order chi connectivity index (χ1) is 7.31. The average molecular weight is 222 g/mol. The smallest absolute Gasteiger partial charge is 0.0954 e. The van der Waals surface area contributed by atoms with Crippen LogP contribution in [0.1, 0.15) is 29.2 Å². The van der Waals surface area contributed by atoms with E-state index in [9.17, 15) is 0 Å². The molecule has 1 unspecified atom stereocenters. The predicted molar refractivity (Wildman–Crippen MR) is 61.1 cm³/mol. The molecule has 15 heavy (non-hydrogen) atoms. The lowest BCUT2D eigenvalue weighted by atomic mass is 10.1. The third kappa shape index (κ3) is 2.27. The Morgan fingerprint density at radius 2 is 2.47 bits per heavy atom. The van der Waals surface area contributed by atoms with Crippen LogP contribution in [0.15, 0.2) is 28.4 Å². The summed E-state index contributed by atoms with van der Waals surface area (Å²) >= 11 is 1.67. The Labute approximate surface area is 93.2 Å². The monoisotopic (exact) mass is 222 g/mol. The summed E-state index contributed by atoms with van der Waals surface area (Å²) in [5.74, 6) is 0. The third-order valence-electron chi connectivity index (χ3n) is 2.22. The van der Waals surface area contributed by atoms with E-state index >= 15 is 0 Å². The van der Waals surface area contributed by atoms with Gasteiger partial charge in [-0.1, -0.05) is 6.92 Å². The van der Waals surface area contributed by atoms with Gasteiger partial charge < -0.3 is 9.73 Å². The second-order valence-electron chi connectivity index (χ2n) is 3.34. The van der Waals surface area contributed by atoms with Crippen molar-refractivity contribution < 1.29 is 4.42 Å². The van der Waals surface area contributed by atoms with E-state index in [0.29, 0.717) is 0 Å². The Bertz CT molecular complexity index is 408. The number of hydrogen-bond donors (Lipinski definition) is 1. The van der Waals surface area contributed by atoms with Gasteiger partial charge in [0.05, 0.1) is 29.3 Å². The van der Waals surface area contributed by atoms with Crippen molar-refractivity contribution in [1.29, 1.82) is 0 Å². The highest BCUT2D eigenvalue weighted by atomic mass is 32.1. The van der Waals surface area contributed by atoms with Gasteiger partial charge in [-0.2, -0.15) is 0 Å². The summed E-state index contributed by atoms with van der Waals surface area (Å²) in [7, 11) is 0. The van der Waals surface area contributed by atoms with Crippen LogP contribution >= 0.6 is 11.3 Å². The Kier molecular flexibility index (Phi) is 3.18. The van der Waals surface area contributed by atoms with Gasteiger partial charge >= 0.3 is 0 Å². The number of nitrogens with one attached hydrogen (secondary N) is 1. The van der Waals surface area contributed by atoms with Gasteiger partial charge in [-0.25, -0.2) is 4.98 Å². The van der Waals surface area contributed by atoms with Crippen LogP contribution in [0.4, 0.5) is 0 Å². The lowest BCUT2D eigenvalue weighted by molar-refractivity contribution is 0.551. The highest BCUT2D eigenvalue weighted by molar-refractivity contribution is 7.09. The maximum absolute atomic E-state index is 5.11. The van der Waals surface area contributed by atoms with Crippen LogP contribution in [0.2, 0.25) is 0 Å². The van der Waals surface area contributed by atoms with Gasteiger partial charge in [0.2, 0.25) is 0 Å². The van der Waals surface area contributed by atoms with E-state index < -0.39 is 0 Å². The predicted octanol–water partition coefficient (Wildman–Crippen LogP) is 2.74. The van der Waals surface area contributed by atoms with Crippen LogP contribution in [0.5, 0.6) is 0 Å². The highest BCUT2D eigenvalue weighted by Crippen LogP contribution is 2.23. The molecule has 1 atom stereocenters. The molecular formula is C11H14N2OS. The van der Waals surface area contributed by atoms with E-state index in [1.807, 2.05) is 13.0 Å². The zero-order valence-electron chi connectivity index (χ0n) is 8.86. The number of furan rings is 1. The molecule has 0 aliphatic heterocycles. The van der Waals surface area contributed by atoms with Crippen LogP contribution < -0.4 is 5.32 Å². The lowest BCUT2D eigenvalue weighted by Crippen LogP contribution is -2.21. The summed E-state index contributed by atoms with van der Waals surface area (Å²) in [6.45, 7) is 5.02. The van der Waals surface area contributed by atoms with Crippen molar-refractivity contribution >= 4 is 11.3 Å². The number of aromatic nitrogens is 1. The van der Waals surface area contributed by atoms with Gasteiger partial charge in [-0.3, -0.25) is 0 Å². The zero-order valence-corrected chi connectivity index (χ0v) is 9.67. The molecule has 4 heteroatoms. The minimum Gasteiger partial charge on any atom is -0.472 e. The van der Waals surface area contributed by atoms with E-state index in [1.54, 1.807) is 23.9 Å². The van der Waals surface area contributed by atoms with Gasteiger partial charge in [0.15, 0.2) is 0 Å². The first-order valence-electron chi connectivity index (χ1n) is 4.98. The lowest BCUT2D eigenvalue weighted by Gasteiger charge is -2.13. The van der Waals surface area contributed by atoms with Crippen molar-refractivity contribution in [1.82, 2.24) is 10.3 Å². The van der Waals surface area contributed by atoms with E-state index in [4.69, 9.17) is 4.42 Å². The fraction of sp³-hybridized carbons (Fsp3) is 0.364. The van der Waals surface area contributed by atoms with Crippen molar-refractivity contribution in [2.24, 2.45) is 0 Å². The number of aryl methyl sites for hydroxylation is 1. The maximum Gasteiger partial charge on any atom is 0.0954 e. The summed E-state index contributed by atoms with van der Waals surface area (Å²) in [4.78, 5) is 4.50. The van der Waals surface area contributed by atoms with Gasteiger partial charge in [0, 0.05) is 10.9 Å². The largest absolute Gasteiger partial charge is 0.472 e. The molecule has 2 aromatic heterocycles. The number of thiazole rings is 1. The van der Waals surface area contributed by atoms with Crippen molar-refractivity contribution in [3.63, 3.8) is 0 Å². The van der Waals surface area contributed by atoms with Crippen molar-refractivity contribution in [3.05, 3.63) is 40.2 Å². The molecule has 0 spiro atoms. The SMILES string of the molecule is CCNC(c1ccoc1)c1csc(C)n1.